The summed E-state index contributed by atoms with van der Waals surface area (Å²) in [6.45, 7) is 4.96. The Hall–Kier alpha value is -3.22. The minimum absolute atomic E-state index is 0.0475. The predicted molar refractivity (Wildman–Crippen MR) is 127 cm³/mol. The number of aliphatic imine (C=N–C) groups is 1. The number of rotatable bonds is 12. The number of hydrogen-bond acceptors (Lipinski definition) is 4. The number of urea groups is 1. The molecule has 1 aromatic carbocycles. The molecule has 0 fully saturated rings. The normalized spacial score (nSPS) is 17.2. The van der Waals surface area contributed by atoms with Crippen molar-refractivity contribution in [1.82, 2.24) is 10.2 Å². The van der Waals surface area contributed by atoms with Crippen molar-refractivity contribution >= 4 is 29.2 Å². The SMILES string of the molecule is CCN(CCCNC(=O)CCCCCN1C(=O)N=C2C=CC=CC2C1=O)c1ccccc1. The van der Waals surface area contributed by atoms with Gasteiger partial charge in [0.05, 0.1) is 11.6 Å². The molecule has 1 heterocycles. The average Bonchev–Trinajstić information content (AvgIpc) is 2.81. The molecule has 0 spiro atoms. The number of imide groups is 1. The second-order valence-electron chi connectivity index (χ2n) is 7.96. The van der Waals surface area contributed by atoms with Crippen LogP contribution >= 0.6 is 0 Å². The highest BCUT2D eigenvalue weighted by atomic mass is 16.2. The van der Waals surface area contributed by atoms with Gasteiger partial charge in [0, 0.05) is 38.3 Å². The van der Waals surface area contributed by atoms with Gasteiger partial charge in [-0.1, -0.05) is 42.8 Å². The van der Waals surface area contributed by atoms with E-state index < -0.39 is 11.9 Å². The number of hydrogen-bond donors (Lipinski definition) is 1. The fourth-order valence-electron chi connectivity index (χ4n) is 3.91. The molecular formula is C25H32N4O3. The summed E-state index contributed by atoms with van der Waals surface area (Å²) >= 11 is 0. The van der Waals surface area contributed by atoms with Crippen LogP contribution in [0.3, 0.4) is 0 Å². The summed E-state index contributed by atoms with van der Waals surface area (Å²) in [5.41, 5.74) is 1.71. The number of nitrogens with zero attached hydrogens (tertiary/aromatic N) is 3. The highest BCUT2D eigenvalue weighted by Gasteiger charge is 2.35. The van der Waals surface area contributed by atoms with E-state index in [2.05, 4.69) is 34.3 Å². The quantitative estimate of drug-likeness (QED) is 0.506. The standard InChI is InChI=1S/C25H32N4O3/c1-2-28(20-12-5-3-6-13-20)18-11-17-26-23(30)16-7-4-10-19-29-24(31)21-14-8-9-15-22(21)27-25(29)32/h3,5-6,8-9,12-15,21H,2,4,7,10-11,16-19H2,1H3,(H,26,30). The number of para-hydroxylation sites is 1. The fourth-order valence-corrected chi connectivity index (χ4v) is 3.91. The molecule has 4 amide bonds. The van der Waals surface area contributed by atoms with E-state index in [4.69, 9.17) is 0 Å². The molecule has 7 heteroatoms. The Bertz CT molecular complexity index is 892. The Morgan fingerprint density at radius 3 is 2.69 bits per heavy atom. The summed E-state index contributed by atoms with van der Waals surface area (Å²) in [5, 5.41) is 2.98. The second-order valence-corrected chi connectivity index (χ2v) is 7.96. The maximum absolute atomic E-state index is 12.5. The van der Waals surface area contributed by atoms with Gasteiger partial charge in [-0.25, -0.2) is 4.79 Å². The average molecular weight is 437 g/mol. The number of anilines is 1. The third-order valence-electron chi connectivity index (χ3n) is 5.70. The van der Waals surface area contributed by atoms with Crippen LogP contribution in [-0.4, -0.2) is 54.6 Å². The van der Waals surface area contributed by atoms with E-state index in [1.54, 1.807) is 24.3 Å². The van der Waals surface area contributed by atoms with E-state index in [-0.39, 0.29) is 11.8 Å². The predicted octanol–water partition coefficient (Wildman–Crippen LogP) is 3.73. The Kier molecular flexibility index (Phi) is 8.78. The van der Waals surface area contributed by atoms with Gasteiger partial charge in [0.15, 0.2) is 0 Å². The molecule has 0 saturated heterocycles. The van der Waals surface area contributed by atoms with Crippen LogP contribution in [0.15, 0.2) is 59.6 Å². The summed E-state index contributed by atoms with van der Waals surface area (Å²) in [4.78, 5) is 44.3. The number of carbonyl (C=O) groups is 3. The molecule has 1 N–H and O–H groups in total. The molecule has 170 valence electrons. The molecule has 2 aliphatic rings. The number of benzene rings is 1. The zero-order valence-corrected chi connectivity index (χ0v) is 18.7. The van der Waals surface area contributed by atoms with Gasteiger partial charge in [-0.2, -0.15) is 4.99 Å². The number of nitrogens with one attached hydrogen (secondary N) is 1. The van der Waals surface area contributed by atoms with E-state index in [1.807, 2.05) is 18.2 Å². The third kappa shape index (κ3) is 6.39. The lowest BCUT2D eigenvalue weighted by Gasteiger charge is -2.28. The van der Waals surface area contributed by atoms with Crippen molar-refractivity contribution < 1.29 is 14.4 Å². The van der Waals surface area contributed by atoms with Crippen LogP contribution in [0.2, 0.25) is 0 Å². The van der Waals surface area contributed by atoms with Crippen molar-refractivity contribution in [2.75, 3.05) is 31.1 Å². The van der Waals surface area contributed by atoms with Crippen molar-refractivity contribution in [3.63, 3.8) is 0 Å². The molecule has 1 atom stereocenters. The molecule has 32 heavy (non-hydrogen) atoms. The van der Waals surface area contributed by atoms with Crippen LogP contribution in [0.25, 0.3) is 0 Å². The maximum atomic E-state index is 12.5. The Labute approximate surface area is 189 Å². The molecular weight excluding hydrogens is 404 g/mol. The molecule has 0 bridgehead atoms. The lowest BCUT2D eigenvalue weighted by molar-refractivity contribution is -0.129. The summed E-state index contributed by atoms with van der Waals surface area (Å²) < 4.78 is 0. The molecule has 1 aromatic rings. The van der Waals surface area contributed by atoms with Crippen LogP contribution < -0.4 is 10.2 Å². The Morgan fingerprint density at radius 1 is 1.09 bits per heavy atom. The summed E-state index contributed by atoms with van der Waals surface area (Å²) in [6, 6.07) is 9.78. The van der Waals surface area contributed by atoms with Crippen LogP contribution in [0.1, 0.15) is 39.0 Å². The van der Waals surface area contributed by atoms with Gasteiger partial charge in [0.1, 0.15) is 0 Å². The fraction of sp³-hybridized carbons (Fsp3) is 0.440. The van der Waals surface area contributed by atoms with Crippen molar-refractivity contribution in [3.8, 4) is 0 Å². The molecule has 1 aliphatic heterocycles. The van der Waals surface area contributed by atoms with Crippen molar-refractivity contribution in [1.29, 1.82) is 0 Å². The minimum atomic E-state index is -0.490. The molecule has 0 saturated carbocycles. The number of unbranched alkanes of at least 4 members (excludes halogenated alkanes) is 2. The van der Waals surface area contributed by atoms with Gasteiger partial charge in [0.2, 0.25) is 11.8 Å². The lowest BCUT2D eigenvalue weighted by atomic mass is 9.95. The lowest BCUT2D eigenvalue weighted by Crippen LogP contribution is -2.46. The Morgan fingerprint density at radius 2 is 1.91 bits per heavy atom. The number of allylic oxidation sites excluding steroid dienone is 3. The zero-order chi connectivity index (χ0) is 22.8. The Balaban J connectivity index is 1.27. The van der Waals surface area contributed by atoms with Crippen molar-refractivity contribution in [2.24, 2.45) is 10.9 Å². The molecule has 7 nitrogen and oxygen atoms in total. The highest BCUT2D eigenvalue weighted by molar-refractivity contribution is 6.21. The largest absolute Gasteiger partial charge is 0.372 e. The smallest absolute Gasteiger partial charge is 0.350 e. The van der Waals surface area contributed by atoms with Gasteiger partial charge in [-0.3, -0.25) is 14.5 Å². The summed E-state index contributed by atoms with van der Waals surface area (Å²) in [5.74, 6) is -0.616. The van der Waals surface area contributed by atoms with Crippen LogP contribution in [-0.2, 0) is 9.59 Å². The number of fused-ring (bicyclic) bond motifs is 1. The molecule has 0 radical (unpaired) electrons. The summed E-state index contributed by atoms with van der Waals surface area (Å²) in [6.07, 6.45) is 10.6. The topological polar surface area (TPSA) is 82.1 Å². The van der Waals surface area contributed by atoms with Crippen LogP contribution in [0.5, 0.6) is 0 Å². The van der Waals surface area contributed by atoms with Crippen molar-refractivity contribution in [2.45, 2.75) is 39.0 Å². The number of amides is 4. The number of carbonyl (C=O) groups excluding carboxylic acids is 3. The van der Waals surface area contributed by atoms with E-state index in [9.17, 15) is 14.4 Å². The van der Waals surface area contributed by atoms with E-state index in [1.165, 1.54) is 10.6 Å². The third-order valence-corrected chi connectivity index (χ3v) is 5.70. The summed E-state index contributed by atoms with van der Waals surface area (Å²) in [7, 11) is 0. The van der Waals surface area contributed by atoms with Crippen LogP contribution in [0, 0.1) is 5.92 Å². The monoisotopic (exact) mass is 436 g/mol. The maximum Gasteiger partial charge on any atom is 0.350 e. The van der Waals surface area contributed by atoms with Crippen molar-refractivity contribution in [3.05, 3.63) is 54.6 Å². The molecule has 3 rings (SSSR count). The van der Waals surface area contributed by atoms with Gasteiger partial charge in [-0.05, 0) is 44.4 Å². The first-order valence-electron chi connectivity index (χ1n) is 11.5. The minimum Gasteiger partial charge on any atom is -0.372 e. The highest BCUT2D eigenvalue weighted by Crippen LogP contribution is 2.20. The van der Waals surface area contributed by atoms with Gasteiger partial charge < -0.3 is 10.2 Å². The first kappa shape index (κ1) is 23.4. The first-order valence-corrected chi connectivity index (χ1v) is 11.5. The van der Waals surface area contributed by atoms with Gasteiger partial charge in [0.25, 0.3) is 0 Å². The van der Waals surface area contributed by atoms with Gasteiger partial charge >= 0.3 is 6.03 Å². The van der Waals surface area contributed by atoms with E-state index in [0.717, 1.165) is 32.4 Å². The second kappa shape index (κ2) is 12.0. The first-order chi connectivity index (χ1) is 15.6. The molecule has 1 unspecified atom stereocenters. The molecule has 1 aliphatic carbocycles. The van der Waals surface area contributed by atoms with Crippen LogP contribution in [0.4, 0.5) is 10.5 Å². The van der Waals surface area contributed by atoms with Gasteiger partial charge in [-0.15, -0.1) is 0 Å². The van der Waals surface area contributed by atoms with E-state index in [0.29, 0.717) is 31.6 Å². The molecule has 0 aromatic heterocycles. The van der Waals surface area contributed by atoms with E-state index >= 15 is 0 Å². The zero-order valence-electron chi connectivity index (χ0n) is 18.7.